The summed E-state index contributed by atoms with van der Waals surface area (Å²) in [5, 5.41) is 3.40. The Bertz CT molecular complexity index is 599. The summed E-state index contributed by atoms with van der Waals surface area (Å²) < 4.78 is 12.0. The van der Waals surface area contributed by atoms with E-state index in [9.17, 15) is 0 Å². The number of halogens is 1. The summed E-state index contributed by atoms with van der Waals surface area (Å²) in [5.74, 6) is 2.32. The average Bonchev–Trinajstić information content (AvgIpc) is 2.48. The highest BCUT2D eigenvalue weighted by atomic mass is 79.9. The van der Waals surface area contributed by atoms with Crippen molar-refractivity contribution in [2.24, 2.45) is 0 Å². The van der Waals surface area contributed by atoms with Gasteiger partial charge in [-0.25, -0.2) is 0 Å². The van der Waals surface area contributed by atoms with E-state index in [4.69, 9.17) is 9.47 Å². The quantitative estimate of drug-likeness (QED) is 0.816. The normalized spacial score (nSPS) is 10.7. The van der Waals surface area contributed by atoms with Gasteiger partial charge in [0.2, 0.25) is 0 Å². The van der Waals surface area contributed by atoms with Crippen molar-refractivity contribution in [2.75, 3.05) is 7.11 Å². The molecule has 0 saturated carbocycles. The molecule has 0 aliphatic carbocycles. The van der Waals surface area contributed by atoms with E-state index in [2.05, 4.69) is 47.2 Å². The van der Waals surface area contributed by atoms with Crippen molar-refractivity contribution in [3.63, 3.8) is 0 Å². The van der Waals surface area contributed by atoms with Gasteiger partial charge in [0.15, 0.2) is 0 Å². The van der Waals surface area contributed by atoms with Crippen LogP contribution in [0, 0.1) is 0 Å². The van der Waals surface area contributed by atoms with Crippen LogP contribution in [0.3, 0.4) is 0 Å². The van der Waals surface area contributed by atoms with Gasteiger partial charge in [-0.05, 0) is 45.8 Å². The average molecular weight is 350 g/mol. The highest BCUT2D eigenvalue weighted by Gasteiger charge is 2.05. The van der Waals surface area contributed by atoms with Gasteiger partial charge < -0.3 is 14.8 Å². The first-order valence-electron chi connectivity index (χ1n) is 6.92. The van der Waals surface area contributed by atoms with Gasteiger partial charge in [0.25, 0.3) is 0 Å². The van der Waals surface area contributed by atoms with Crippen molar-refractivity contribution >= 4 is 15.9 Å². The summed E-state index contributed by atoms with van der Waals surface area (Å²) in [4.78, 5) is 0. The Morgan fingerprint density at radius 3 is 2.52 bits per heavy atom. The van der Waals surface area contributed by atoms with Crippen LogP contribution in [-0.4, -0.2) is 13.2 Å². The zero-order valence-corrected chi connectivity index (χ0v) is 14.1. The van der Waals surface area contributed by atoms with E-state index in [1.807, 2.05) is 30.3 Å². The second-order valence-corrected chi connectivity index (χ2v) is 5.94. The minimum Gasteiger partial charge on any atom is -0.497 e. The van der Waals surface area contributed by atoms with Gasteiger partial charge in [-0.2, -0.15) is 0 Å². The molecule has 0 radical (unpaired) electrons. The van der Waals surface area contributed by atoms with E-state index in [1.165, 1.54) is 5.56 Å². The van der Waals surface area contributed by atoms with Gasteiger partial charge in [0, 0.05) is 18.7 Å². The molecule has 2 aromatic rings. The highest BCUT2D eigenvalue weighted by molar-refractivity contribution is 9.10. The van der Waals surface area contributed by atoms with Gasteiger partial charge in [-0.1, -0.05) is 26.0 Å². The van der Waals surface area contributed by atoms with E-state index in [-0.39, 0.29) is 0 Å². The lowest BCUT2D eigenvalue weighted by Gasteiger charge is -2.12. The van der Waals surface area contributed by atoms with Crippen molar-refractivity contribution < 1.29 is 9.47 Å². The van der Waals surface area contributed by atoms with E-state index >= 15 is 0 Å². The Hall–Kier alpha value is -1.52. The smallest absolute Gasteiger partial charge is 0.141 e. The minimum absolute atomic E-state index is 0.469. The molecule has 0 atom stereocenters. The Morgan fingerprint density at radius 1 is 1.10 bits per heavy atom. The molecule has 3 nitrogen and oxygen atoms in total. The van der Waals surface area contributed by atoms with Gasteiger partial charge in [-0.3, -0.25) is 0 Å². The maximum absolute atomic E-state index is 5.88. The largest absolute Gasteiger partial charge is 0.497 e. The molecule has 0 unspecified atom stereocenters. The second kappa shape index (κ2) is 7.48. The van der Waals surface area contributed by atoms with Gasteiger partial charge in [0.05, 0.1) is 11.6 Å². The fourth-order valence-corrected chi connectivity index (χ4v) is 2.36. The van der Waals surface area contributed by atoms with Crippen LogP contribution in [-0.2, 0) is 6.54 Å². The molecule has 2 rings (SSSR count). The number of hydrogen-bond donors (Lipinski definition) is 1. The number of nitrogens with one attached hydrogen (secondary N) is 1. The van der Waals surface area contributed by atoms with E-state index < -0.39 is 0 Å². The van der Waals surface area contributed by atoms with Crippen molar-refractivity contribution in [1.29, 1.82) is 0 Å². The Labute approximate surface area is 134 Å². The molecule has 0 amide bonds. The number of rotatable bonds is 6. The fraction of sp³-hybridized carbons (Fsp3) is 0.294. The predicted octanol–water partition coefficient (Wildman–Crippen LogP) is 4.75. The van der Waals surface area contributed by atoms with Crippen molar-refractivity contribution in [2.45, 2.75) is 26.4 Å². The molecule has 0 heterocycles. The third kappa shape index (κ3) is 4.76. The molecule has 1 N–H and O–H groups in total. The number of methoxy groups -OCH3 is 1. The molecule has 4 heteroatoms. The monoisotopic (exact) mass is 349 g/mol. The first-order chi connectivity index (χ1) is 10.1. The zero-order chi connectivity index (χ0) is 15.2. The van der Waals surface area contributed by atoms with E-state index in [0.29, 0.717) is 6.04 Å². The second-order valence-electron chi connectivity index (χ2n) is 5.08. The molecule has 112 valence electrons. The highest BCUT2D eigenvalue weighted by Crippen LogP contribution is 2.31. The lowest BCUT2D eigenvalue weighted by molar-refractivity contribution is 0.409. The summed E-state index contributed by atoms with van der Waals surface area (Å²) in [6.07, 6.45) is 0. The Kier molecular flexibility index (Phi) is 5.65. The molecule has 0 fully saturated rings. The van der Waals surface area contributed by atoms with Crippen LogP contribution in [0.4, 0.5) is 0 Å². The molecular formula is C17H20BrNO2. The van der Waals surface area contributed by atoms with Crippen molar-refractivity contribution in [3.05, 3.63) is 52.5 Å². The summed E-state index contributed by atoms with van der Waals surface area (Å²) >= 11 is 3.56. The fourth-order valence-electron chi connectivity index (χ4n) is 1.85. The van der Waals surface area contributed by atoms with Crippen LogP contribution in [0.25, 0.3) is 0 Å². The number of ether oxygens (including phenoxy) is 2. The van der Waals surface area contributed by atoms with E-state index in [1.54, 1.807) is 7.11 Å². The predicted molar refractivity (Wildman–Crippen MR) is 89.2 cm³/mol. The van der Waals surface area contributed by atoms with Crippen LogP contribution in [0.5, 0.6) is 17.2 Å². The summed E-state index contributed by atoms with van der Waals surface area (Å²) in [5.41, 5.74) is 1.22. The lowest BCUT2D eigenvalue weighted by Crippen LogP contribution is -2.21. The van der Waals surface area contributed by atoms with Crippen LogP contribution in [0.2, 0.25) is 0 Å². The molecule has 0 saturated heterocycles. The molecular weight excluding hydrogens is 330 g/mol. The molecule has 0 aliphatic heterocycles. The van der Waals surface area contributed by atoms with Crippen molar-refractivity contribution in [3.8, 4) is 17.2 Å². The number of benzene rings is 2. The first kappa shape index (κ1) is 15.9. The molecule has 0 aliphatic rings. The van der Waals surface area contributed by atoms with Crippen LogP contribution in [0.15, 0.2) is 46.9 Å². The standard InChI is InChI=1S/C17H20BrNO2/c1-12(2)19-11-13-7-8-17(16(18)9-13)21-15-6-4-5-14(10-15)20-3/h4-10,12,19H,11H2,1-3H3. The number of hydrogen-bond acceptors (Lipinski definition) is 3. The van der Waals surface area contributed by atoms with Gasteiger partial charge in [-0.15, -0.1) is 0 Å². The van der Waals surface area contributed by atoms with Crippen molar-refractivity contribution in [1.82, 2.24) is 5.32 Å². The first-order valence-corrected chi connectivity index (χ1v) is 7.71. The summed E-state index contributed by atoms with van der Waals surface area (Å²) in [7, 11) is 1.64. The molecule has 0 bridgehead atoms. The third-order valence-corrected chi connectivity index (χ3v) is 3.60. The van der Waals surface area contributed by atoms with E-state index in [0.717, 1.165) is 28.3 Å². The van der Waals surface area contributed by atoms with Gasteiger partial charge in [0.1, 0.15) is 17.2 Å². The zero-order valence-electron chi connectivity index (χ0n) is 12.5. The van der Waals surface area contributed by atoms with Gasteiger partial charge >= 0.3 is 0 Å². The topological polar surface area (TPSA) is 30.5 Å². The summed E-state index contributed by atoms with van der Waals surface area (Å²) in [6, 6.07) is 14.1. The third-order valence-electron chi connectivity index (χ3n) is 2.98. The molecule has 0 spiro atoms. The lowest BCUT2D eigenvalue weighted by atomic mass is 10.2. The Morgan fingerprint density at radius 2 is 1.86 bits per heavy atom. The SMILES string of the molecule is COc1cccc(Oc2ccc(CNC(C)C)cc2Br)c1. The summed E-state index contributed by atoms with van der Waals surface area (Å²) in [6.45, 7) is 5.11. The maximum Gasteiger partial charge on any atom is 0.141 e. The van der Waals surface area contributed by atoms with Crippen LogP contribution in [0.1, 0.15) is 19.4 Å². The minimum atomic E-state index is 0.469. The molecule has 2 aromatic carbocycles. The molecule has 21 heavy (non-hydrogen) atoms. The maximum atomic E-state index is 5.88. The molecule has 0 aromatic heterocycles. The van der Waals surface area contributed by atoms with Crippen LogP contribution >= 0.6 is 15.9 Å². The van der Waals surface area contributed by atoms with Crippen LogP contribution < -0.4 is 14.8 Å². The Balaban J connectivity index is 2.09.